The van der Waals surface area contributed by atoms with Gasteiger partial charge in [-0.15, -0.1) is 5.10 Å². The largest absolute Gasteiger partial charge is 0.493 e. The van der Waals surface area contributed by atoms with E-state index < -0.39 is 5.56 Å². The van der Waals surface area contributed by atoms with Crippen molar-refractivity contribution in [2.24, 2.45) is 0 Å². The Kier molecular flexibility index (Phi) is 2.63. The number of H-pyrrole nitrogens is 1. The number of fused-ring (bicyclic) bond motifs is 1. The van der Waals surface area contributed by atoms with Crippen LogP contribution in [0.15, 0.2) is 33.5 Å². The van der Waals surface area contributed by atoms with Crippen LogP contribution in [0.3, 0.4) is 0 Å². The lowest BCUT2D eigenvalue weighted by Gasteiger charge is -2.05. The summed E-state index contributed by atoms with van der Waals surface area (Å²) >= 11 is 3.33. The third kappa shape index (κ3) is 1.91. The first kappa shape index (κ1) is 11.9. The van der Waals surface area contributed by atoms with Gasteiger partial charge in [0.05, 0.1) is 0 Å². The Hall–Kier alpha value is -2.15. The first-order chi connectivity index (χ1) is 9.06. The second kappa shape index (κ2) is 4.20. The van der Waals surface area contributed by atoms with Crippen LogP contribution in [0.2, 0.25) is 0 Å². The molecule has 0 fully saturated rings. The van der Waals surface area contributed by atoms with Gasteiger partial charge < -0.3 is 5.11 Å². The van der Waals surface area contributed by atoms with Gasteiger partial charge in [-0.3, -0.25) is 9.78 Å². The molecule has 0 aliphatic carbocycles. The van der Waals surface area contributed by atoms with Gasteiger partial charge in [-0.25, -0.2) is 0 Å². The zero-order valence-electron chi connectivity index (χ0n) is 9.88. The van der Waals surface area contributed by atoms with Crippen LogP contribution in [0, 0.1) is 6.92 Å². The van der Waals surface area contributed by atoms with E-state index in [0.29, 0.717) is 11.4 Å². The van der Waals surface area contributed by atoms with Crippen molar-refractivity contribution in [2.75, 3.05) is 0 Å². The van der Waals surface area contributed by atoms with Gasteiger partial charge in [0.2, 0.25) is 11.7 Å². The molecule has 2 heterocycles. The number of rotatable bonds is 1. The summed E-state index contributed by atoms with van der Waals surface area (Å²) in [5, 5.41) is 14.2. The van der Waals surface area contributed by atoms with Gasteiger partial charge in [0.25, 0.3) is 5.56 Å². The SMILES string of the molecule is Cc1nc2[nH]c(=O)c(-c3cccc(Br)c3)c(O)n2n1. The molecule has 0 saturated heterocycles. The summed E-state index contributed by atoms with van der Waals surface area (Å²) in [6, 6.07) is 7.12. The molecule has 0 radical (unpaired) electrons. The number of aryl methyl sites for hydroxylation is 1. The highest BCUT2D eigenvalue weighted by atomic mass is 79.9. The molecule has 6 nitrogen and oxygen atoms in total. The molecule has 7 heteroatoms. The zero-order valence-corrected chi connectivity index (χ0v) is 11.5. The van der Waals surface area contributed by atoms with Crippen molar-refractivity contribution in [3.8, 4) is 17.0 Å². The quantitative estimate of drug-likeness (QED) is 0.717. The van der Waals surface area contributed by atoms with E-state index in [0.717, 1.165) is 4.47 Å². The number of nitrogens with zero attached hydrogens (tertiary/aromatic N) is 3. The molecule has 2 N–H and O–H groups in total. The van der Waals surface area contributed by atoms with Crippen LogP contribution in [0.4, 0.5) is 0 Å². The van der Waals surface area contributed by atoms with Gasteiger partial charge in [-0.2, -0.15) is 9.50 Å². The number of hydrogen-bond donors (Lipinski definition) is 2. The Morgan fingerprint density at radius 2 is 2.21 bits per heavy atom. The first-order valence-electron chi connectivity index (χ1n) is 5.51. The molecule has 96 valence electrons. The van der Waals surface area contributed by atoms with Gasteiger partial charge in [0.1, 0.15) is 11.4 Å². The Bertz CT molecular complexity index is 837. The highest BCUT2D eigenvalue weighted by Gasteiger charge is 2.16. The van der Waals surface area contributed by atoms with Crippen LogP contribution in [0.1, 0.15) is 5.82 Å². The lowest BCUT2D eigenvalue weighted by Crippen LogP contribution is -2.12. The maximum absolute atomic E-state index is 12.1. The maximum atomic E-state index is 12.1. The molecule has 0 bridgehead atoms. The minimum absolute atomic E-state index is 0.165. The van der Waals surface area contributed by atoms with Crippen molar-refractivity contribution in [1.29, 1.82) is 0 Å². The van der Waals surface area contributed by atoms with E-state index in [1.54, 1.807) is 25.1 Å². The van der Waals surface area contributed by atoms with Crippen molar-refractivity contribution < 1.29 is 5.11 Å². The Labute approximate surface area is 115 Å². The zero-order chi connectivity index (χ0) is 13.6. The highest BCUT2D eigenvalue weighted by molar-refractivity contribution is 9.10. The fourth-order valence-corrected chi connectivity index (χ4v) is 2.32. The molecular weight excluding hydrogens is 312 g/mol. The number of aromatic nitrogens is 4. The summed E-state index contributed by atoms with van der Waals surface area (Å²) in [5.74, 6) is 0.466. The number of aromatic amines is 1. The topological polar surface area (TPSA) is 83.3 Å². The number of nitrogens with one attached hydrogen (secondary N) is 1. The standard InChI is InChI=1S/C12H9BrN4O2/c1-6-14-12-15-10(18)9(11(19)17(12)16-6)7-3-2-4-8(13)5-7/h2-5,19H,1H3,(H,14,15,16,18). The van der Waals surface area contributed by atoms with Crippen LogP contribution < -0.4 is 5.56 Å². The molecule has 0 spiro atoms. The smallest absolute Gasteiger partial charge is 0.264 e. The molecule has 3 aromatic rings. The molecular formula is C12H9BrN4O2. The second-order valence-corrected chi connectivity index (χ2v) is 4.97. The van der Waals surface area contributed by atoms with Crippen LogP contribution in [0.25, 0.3) is 16.9 Å². The van der Waals surface area contributed by atoms with E-state index in [-0.39, 0.29) is 17.2 Å². The molecule has 0 atom stereocenters. The molecule has 0 unspecified atom stereocenters. The lowest BCUT2D eigenvalue weighted by molar-refractivity contribution is 0.436. The van der Waals surface area contributed by atoms with Crippen LogP contribution in [0.5, 0.6) is 5.88 Å². The van der Waals surface area contributed by atoms with Gasteiger partial charge in [-0.1, -0.05) is 28.1 Å². The molecule has 0 aliphatic rings. The van der Waals surface area contributed by atoms with E-state index in [4.69, 9.17) is 0 Å². The van der Waals surface area contributed by atoms with Gasteiger partial charge in [-0.05, 0) is 24.6 Å². The van der Waals surface area contributed by atoms with Crippen LogP contribution >= 0.6 is 15.9 Å². The maximum Gasteiger partial charge on any atom is 0.264 e. The average Bonchev–Trinajstić information content (AvgIpc) is 2.70. The van der Waals surface area contributed by atoms with Gasteiger partial charge in [0, 0.05) is 4.47 Å². The van der Waals surface area contributed by atoms with Crippen molar-refractivity contribution in [3.63, 3.8) is 0 Å². The summed E-state index contributed by atoms with van der Waals surface area (Å²) in [6.07, 6.45) is 0. The molecule has 0 aliphatic heterocycles. The van der Waals surface area contributed by atoms with E-state index >= 15 is 0 Å². The normalized spacial score (nSPS) is 11.1. The first-order valence-corrected chi connectivity index (χ1v) is 6.30. The summed E-state index contributed by atoms with van der Waals surface area (Å²) in [7, 11) is 0. The van der Waals surface area contributed by atoms with Crippen molar-refractivity contribution in [3.05, 3.63) is 44.9 Å². The molecule has 1 aromatic carbocycles. The second-order valence-electron chi connectivity index (χ2n) is 4.06. The fourth-order valence-electron chi connectivity index (χ4n) is 1.92. The molecule has 19 heavy (non-hydrogen) atoms. The summed E-state index contributed by atoms with van der Waals surface area (Å²) < 4.78 is 2.03. The summed E-state index contributed by atoms with van der Waals surface area (Å²) in [4.78, 5) is 18.7. The van der Waals surface area contributed by atoms with Crippen molar-refractivity contribution >= 4 is 21.7 Å². The summed E-state index contributed by atoms with van der Waals surface area (Å²) in [6.45, 7) is 1.68. The molecule has 0 saturated carbocycles. The highest BCUT2D eigenvalue weighted by Crippen LogP contribution is 2.27. The monoisotopic (exact) mass is 320 g/mol. The van der Waals surface area contributed by atoms with Crippen molar-refractivity contribution in [2.45, 2.75) is 6.92 Å². The minimum atomic E-state index is -0.407. The lowest BCUT2D eigenvalue weighted by atomic mass is 10.1. The number of hydrogen-bond acceptors (Lipinski definition) is 4. The fraction of sp³-hybridized carbons (Fsp3) is 0.0833. The number of benzene rings is 1. The third-order valence-corrected chi connectivity index (χ3v) is 3.20. The summed E-state index contributed by atoms with van der Waals surface area (Å²) in [5.41, 5.74) is 0.359. The third-order valence-electron chi connectivity index (χ3n) is 2.70. The van der Waals surface area contributed by atoms with Crippen LogP contribution in [-0.2, 0) is 0 Å². The van der Waals surface area contributed by atoms with Crippen LogP contribution in [-0.4, -0.2) is 24.7 Å². The average molecular weight is 321 g/mol. The predicted octanol–water partition coefficient (Wildman–Crippen LogP) is 1.86. The Balaban J connectivity index is 2.38. The van der Waals surface area contributed by atoms with E-state index in [9.17, 15) is 9.90 Å². The predicted molar refractivity (Wildman–Crippen MR) is 73.1 cm³/mol. The van der Waals surface area contributed by atoms with E-state index in [1.165, 1.54) is 4.52 Å². The van der Waals surface area contributed by atoms with Crippen molar-refractivity contribution in [1.82, 2.24) is 19.6 Å². The molecule has 3 rings (SSSR count). The Morgan fingerprint density at radius 3 is 2.95 bits per heavy atom. The number of aromatic hydroxyl groups is 1. The minimum Gasteiger partial charge on any atom is -0.493 e. The van der Waals surface area contributed by atoms with E-state index in [1.807, 2.05) is 6.07 Å². The molecule has 2 aromatic heterocycles. The van der Waals surface area contributed by atoms with Gasteiger partial charge in [0.15, 0.2) is 0 Å². The van der Waals surface area contributed by atoms with Gasteiger partial charge >= 0.3 is 0 Å². The van der Waals surface area contributed by atoms with E-state index in [2.05, 4.69) is 31.0 Å². The number of halogens is 1. The molecule has 0 amide bonds. The Morgan fingerprint density at radius 1 is 1.42 bits per heavy atom.